The molecule has 2 rings (SSSR count). The van der Waals surface area contributed by atoms with Crippen LogP contribution >= 0.6 is 0 Å². The van der Waals surface area contributed by atoms with E-state index in [0.717, 1.165) is 24.9 Å². The predicted molar refractivity (Wildman–Crippen MR) is 84.1 cm³/mol. The van der Waals surface area contributed by atoms with Crippen LogP contribution in [0.5, 0.6) is 0 Å². The summed E-state index contributed by atoms with van der Waals surface area (Å²) in [4.78, 5) is 13.9. The maximum Gasteiger partial charge on any atom is 0.410 e. The lowest BCUT2D eigenvalue weighted by Gasteiger charge is -2.34. The van der Waals surface area contributed by atoms with E-state index < -0.39 is 5.60 Å². The number of carbonyl (C=O) groups is 1. The maximum absolute atomic E-state index is 12.9. The molecule has 1 N–H and O–H groups in total. The van der Waals surface area contributed by atoms with Gasteiger partial charge in [-0.1, -0.05) is 12.1 Å². The number of amides is 1. The lowest BCUT2D eigenvalue weighted by atomic mass is 10.1. The van der Waals surface area contributed by atoms with E-state index in [1.165, 1.54) is 12.1 Å². The Hall–Kier alpha value is -1.62. The first-order valence-electron chi connectivity index (χ1n) is 7.79. The molecule has 0 aromatic heterocycles. The van der Waals surface area contributed by atoms with E-state index in [-0.39, 0.29) is 18.0 Å². The van der Waals surface area contributed by atoms with E-state index >= 15 is 0 Å². The van der Waals surface area contributed by atoms with Gasteiger partial charge in [-0.25, -0.2) is 9.18 Å². The monoisotopic (exact) mass is 308 g/mol. The van der Waals surface area contributed by atoms with Gasteiger partial charge in [0.1, 0.15) is 11.4 Å². The maximum atomic E-state index is 12.9. The molecule has 0 bridgehead atoms. The Labute approximate surface area is 131 Å². The smallest absolute Gasteiger partial charge is 0.410 e. The minimum atomic E-state index is -0.467. The summed E-state index contributed by atoms with van der Waals surface area (Å²) in [6.45, 7) is 7.68. The van der Waals surface area contributed by atoms with Crippen molar-refractivity contribution in [3.05, 3.63) is 35.6 Å². The molecule has 1 heterocycles. The quantitative estimate of drug-likeness (QED) is 0.931. The summed E-state index contributed by atoms with van der Waals surface area (Å²) < 4.78 is 18.3. The minimum Gasteiger partial charge on any atom is -0.444 e. The number of hydrogen-bond acceptors (Lipinski definition) is 3. The molecule has 122 valence electrons. The molecule has 0 saturated carbocycles. The van der Waals surface area contributed by atoms with Crippen molar-refractivity contribution in [3.8, 4) is 0 Å². The van der Waals surface area contributed by atoms with E-state index in [0.29, 0.717) is 13.1 Å². The van der Waals surface area contributed by atoms with Crippen molar-refractivity contribution in [1.29, 1.82) is 0 Å². The van der Waals surface area contributed by atoms with Crippen molar-refractivity contribution in [3.63, 3.8) is 0 Å². The molecular formula is C17H25FN2O2. The van der Waals surface area contributed by atoms with Gasteiger partial charge in [0.25, 0.3) is 0 Å². The van der Waals surface area contributed by atoms with Crippen LogP contribution in [-0.4, -0.2) is 35.7 Å². The van der Waals surface area contributed by atoms with E-state index in [2.05, 4.69) is 5.32 Å². The molecule has 22 heavy (non-hydrogen) atoms. The highest BCUT2D eigenvalue weighted by Gasteiger charge is 2.27. The number of hydrogen-bond donors (Lipinski definition) is 1. The number of rotatable bonds is 3. The van der Waals surface area contributed by atoms with Gasteiger partial charge in [-0.15, -0.1) is 0 Å². The Balaban J connectivity index is 1.82. The lowest BCUT2D eigenvalue weighted by molar-refractivity contribution is 0.0187. The summed E-state index contributed by atoms with van der Waals surface area (Å²) in [6.07, 6.45) is 1.74. The number of ether oxygens (including phenoxy) is 1. The highest BCUT2D eigenvalue weighted by molar-refractivity contribution is 5.68. The number of halogens is 1. The molecule has 1 aliphatic heterocycles. The average Bonchev–Trinajstić information content (AvgIpc) is 2.45. The van der Waals surface area contributed by atoms with Crippen molar-refractivity contribution in [2.45, 2.75) is 51.8 Å². The zero-order valence-electron chi connectivity index (χ0n) is 13.6. The van der Waals surface area contributed by atoms with Crippen LogP contribution in [0.2, 0.25) is 0 Å². The molecule has 1 aromatic carbocycles. The third kappa shape index (κ3) is 5.30. The molecule has 1 saturated heterocycles. The standard InChI is InChI=1S/C17H25FN2O2/c1-17(2,3)22-16(21)20-10-4-5-15(12-20)19-11-13-6-8-14(18)9-7-13/h6-9,15,19H,4-5,10-12H2,1-3H3. The zero-order valence-corrected chi connectivity index (χ0v) is 13.6. The minimum absolute atomic E-state index is 0.225. The fraction of sp³-hybridized carbons (Fsp3) is 0.588. The number of benzene rings is 1. The second kappa shape index (κ2) is 7.09. The van der Waals surface area contributed by atoms with E-state index in [1.807, 2.05) is 20.8 Å². The summed E-state index contributed by atoms with van der Waals surface area (Å²) in [6, 6.07) is 6.72. The second-order valence-corrected chi connectivity index (χ2v) is 6.77. The van der Waals surface area contributed by atoms with Gasteiger partial charge in [0, 0.05) is 25.7 Å². The number of nitrogens with one attached hydrogen (secondary N) is 1. The third-order valence-corrected chi connectivity index (χ3v) is 3.58. The molecule has 1 atom stereocenters. The predicted octanol–water partition coefficient (Wildman–Crippen LogP) is 3.31. The van der Waals surface area contributed by atoms with E-state index in [1.54, 1.807) is 17.0 Å². The summed E-state index contributed by atoms with van der Waals surface area (Å²) in [7, 11) is 0. The molecule has 5 heteroatoms. The highest BCUT2D eigenvalue weighted by atomic mass is 19.1. The topological polar surface area (TPSA) is 41.6 Å². The van der Waals surface area contributed by atoms with Gasteiger partial charge < -0.3 is 15.0 Å². The number of nitrogens with zero attached hydrogens (tertiary/aromatic N) is 1. The van der Waals surface area contributed by atoms with Crippen molar-refractivity contribution in [2.24, 2.45) is 0 Å². The van der Waals surface area contributed by atoms with Gasteiger partial charge in [-0.05, 0) is 51.3 Å². The Morgan fingerprint density at radius 3 is 2.68 bits per heavy atom. The van der Waals surface area contributed by atoms with Gasteiger partial charge >= 0.3 is 6.09 Å². The molecule has 4 nitrogen and oxygen atoms in total. The van der Waals surface area contributed by atoms with E-state index in [9.17, 15) is 9.18 Å². The third-order valence-electron chi connectivity index (χ3n) is 3.58. The van der Waals surface area contributed by atoms with Crippen LogP contribution in [-0.2, 0) is 11.3 Å². The van der Waals surface area contributed by atoms with Crippen LogP contribution < -0.4 is 5.32 Å². The second-order valence-electron chi connectivity index (χ2n) is 6.77. The highest BCUT2D eigenvalue weighted by Crippen LogP contribution is 2.16. The molecule has 1 amide bonds. The lowest BCUT2D eigenvalue weighted by Crippen LogP contribution is -2.49. The first kappa shape index (κ1) is 16.7. The summed E-state index contributed by atoms with van der Waals surface area (Å²) in [5, 5.41) is 3.43. The van der Waals surface area contributed by atoms with Gasteiger partial charge in [0.15, 0.2) is 0 Å². The molecule has 1 unspecified atom stereocenters. The average molecular weight is 308 g/mol. The van der Waals surface area contributed by atoms with Crippen LogP contribution in [0.25, 0.3) is 0 Å². The normalized spacial score (nSPS) is 19.1. The molecule has 0 radical (unpaired) electrons. The van der Waals surface area contributed by atoms with Gasteiger partial charge in [-0.2, -0.15) is 0 Å². The molecule has 0 aliphatic carbocycles. The molecule has 1 fully saturated rings. The van der Waals surface area contributed by atoms with Gasteiger partial charge in [0.05, 0.1) is 0 Å². The number of likely N-dealkylation sites (tertiary alicyclic amines) is 1. The van der Waals surface area contributed by atoms with Crippen LogP contribution in [0.1, 0.15) is 39.2 Å². The number of carbonyl (C=O) groups excluding carboxylic acids is 1. The number of piperidine rings is 1. The first-order valence-corrected chi connectivity index (χ1v) is 7.79. The molecule has 0 spiro atoms. The zero-order chi connectivity index (χ0) is 16.2. The van der Waals surface area contributed by atoms with Crippen molar-refractivity contribution in [2.75, 3.05) is 13.1 Å². The van der Waals surface area contributed by atoms with Crippen molar-refractivity contribution < 1.29 is 13.9 Å². The summed E-state index contributed by atoms with van der Waals surface area (Å²) in [5.74, 6) is -0.225. The van der Waals surface area contributed by atoms with Gasteiger partial charge in [0.2, 0.25) is 0 Å². The van der Waals surface area contributed by atoms with Crippen LogP contribution in [0.4, 0.5) is 9.18 Å². The van der Waals surface area contributed by atoms with Crippen molar-refractivity contribution >= 4 is 6.09 Å². The Morgan fingerprint density at radius 2 is 2.05 bits per heavy atom. The van der Waals surface area contributed by atoms with Crippen LogP contribution in [0.3, 0.4) is 0 Å². The summed E-state index contributed by atoms with van der Waals surface area (Å²) >= 11 is 0. The summed E-state index contributed by atoms with van der Waals surface area (Å²) in [5.41, 5.74) is 0.571. The van der Waals surface area contributed by atoms with Crippen LogP contribution in [0.15, 0.2) is 24.3 Å². The fourth-order valence-corrected chi connectivity index (χ4v) is 2.50. The molecule has 1 aromatic rings. The van der Waals surface area contributed by atoms with Crippen molar-refractivity contribution in [1.82, 2.24) is 10.2 Å². The Bertz CT molecular complexity index is 496. The van der Waals surface area contributed by atoms with Gasteiger partial charge in [-0.3, -0.25) is 0 Å². The Kier molecular flexibility index (Phi) is 5.40. The van der Waals surface area contributed by atoms with Crippen LogP contribution in [0, 0.1) is 5.82 Å². The van der Waals surface area contributed by atoms with E-state index in [4.69, 9.17) is 4.74 Å². The fourth-order valence-electron chi connectivity index (χ4n) is 2.50. The SMILES string of the molecule is CC(C)(C)OC(=O)N1CCCC(NCc2ccc(F)cc2)C1. The Morgan fingerprint density at radius 1 is 1.36 bits per heavy atom. The first-order chi connectivity index (χ1) is 10.3. The largest absolute Gasteiger partial charge is 0.444 e. The molecule has 1 aliphatic rings. The molecular weight excluding hydrogens is 283 g/mol.